The topological polar surface area (TPSA) is 88.6 Å². The highest BCUT2D eigenvalue weighted by Gasteiger charge is 2.27. The van der Waals surface area contributed by atoms with E-state index in [9.17, 15) is 4.79 Å². The van der Waals surface area contributed by atoms with Crippen LogP contribution in [0.25, 0.3) is 0 Å². The summed E-state index contributed by atoms with van der Waals surface area (Å²) in [7, 11) is 0. The Kier molecular flexibility index (Phi) is 8.30. The Morgan fingerprint density at radius 1 is 1.03 bits per heavy atom. The van der Waals surface area contributed by atoms with Crippen molar-refractivity contribution in [3.8, 4) is 5.75 Å². The first-order valence-corrected chi connectivity index (χ1v) is 12.9. The number of nitrogens with zero attached hydrogens (tertiary/aromatic N) is 3. The molecule has 8 nitrogen and oxygen atoms in total. The van der Waals surface area contributed by atoms with Gasteiger partial charge in [0, 0.05) is 30.7 Å². The molecule has 1 aromatic heterocycles. The molecule has 4 rings (SSSR count). The third-order valence-corrected chi connectivity index (χ3v) is 6.22. The van der Waals surface area contributed by atoms with Crippen molar-refractivity contribution in [2.75, 3.05) is 30.3 Å². The van der Waals surface area contributed by atoms with Gasteiger partial charge < -0.3 is 25.0 Å². The van der Waals surface area contributed by atoms with Crippen LogP contribution in [0.3, 0.4) is 0 Å². The van der Waals surface area contributed by atoms with Gasteiger partial charge in [0.1, 0.15) is 17.2 Å². The second-order valence-corrected chi connectivity index (χ2v) is 10.6. The minimum atomic E-state index is -0.469. The Labute approximate surface area is 220 Å². The summed E-state index contributed by atoms with van der Waals surface area (Å²) in [4.78, 5) is 22.9. The highest BCUT2D eigenvalue weighted by Crippen LogP contribution is 2.26. The molecule has 1 aliphatic rings. The van der Waals surface area contributed by atoms with Crippen LogP contribution in [0.5, 0.6) is 5.75 Å². The molecular formula is C27H32BrN5O3. The monoisotopic (exact) mass is 553 g/mol. The number of carbonyl (C=O) groups excluding carboxylic acids is 1. The predicted octanol–water partition coefficient (Wildman–Crippen LogP) is 6.75. The van der Waals surface area contributed by atoms with Gasteiger partial charge in [0.05, 0.1) is 11.1 Å². The maximum Gasteiger partial charge on any atom is 0.410 e. The highest BCUT2D eigenvalue weighted by molar-refractivity contribution is 9.10. The van der Waals surface area contributed by atoms with E-state index in [-0.39, 0.29) is 6.09 Å². The van der Waals surface area contributed by atoms with Crippen LogP contribution in [0.1, 0.15) is 33.6 Å². The molecule has 0 unspecified atom stereocenters. The van der Waals surface area contributed by atoms with Crippen molar-refractivity contribution in [2.24, 2.45) is 5.92 Å². The van der Waals surface area contributed by atoms with Gasteiger partial charge in [0.25, 0.3) is 0 Å². The Balaban J connectivity index is 1.25. The fourth-order valence-electron chi connectivity index (χ4n) is 3.76. The summed E-state index contributed by atoms with van der Waals surface area (Å²) >= 11 is 3.50. The van der Waals surface area contributed by atoms with Crippen molar-refractivity contribution in [3.05, 3.63) is 65.3 Å². The van der Waals surface area contributed by atoms with Crippen LogP contribution < -0.4 is 15.4 Å². The van der Waals surface area contributed by atoms with Gasteiger partial charge >= 0.3 is 6.09 Å². The fraction of sp³-hybridized carbons (Fsp3) is 0.370. The summed E-state index contributed by atoms with van der Waals surface area (Å²) in [5.74, 6) is 2.38. The molecule has 2 heterocycles. The van der Waals surface area contributed by atoms with Crippen LogP contribution in [-0.4, -0.2) is 46.3 Å². The van der Waals surface area contributed by atoms with Crippen molar-refractivity contribution < 1.29 is 14.3 Å². The van der Waals surface area contributed by atoms with Crippen molar-refractivity contribution in [1.29, 1.82) is 0 Å². The van der Waals surface area contributed by atoms with Crippen molar-refractivity contribution in [1.82, 2.24) is 14.9 Å². The number of hydrogen-bond acceptors (Lipinski definition) is 7. The third-order valence-electron chi connectivity index (χ3n) is 5.64. The van der Waals surface area contributed by atoms with E-state index in [0.717, 1.165) is 34.4 Å². The number of carbonyl (C=O) groups is 1. The number of likely N-dealkylation sites (tertiary alicyclic amines) is 1. The predicted molar refractivity (Wildman–Crippen MR) is 145 cm³/mol. The lowest BCUT2D eigenvalue weighted by atomic mass is 9.98. The lowest BCUT2D eigenvalue weighted by molar-refractivity contribution is 0.0165. The first kappa shape index (κ1) is 25.8. The van der Waals surface area contributed by atoms with E-state index in [1.54, 1.807) is 11.1 Å². The number of piperidine rings is 1. The van der Waals surface area contributed by atoms with E-state index in [1.165, 1.54) is 0 Å². The van der Waals surface area contributed by atoms with E-state index in [1.807, 2.05) is 75.4 Å². The van der Waals surface area contributed by atoms with Crippen LogP contribution in [0, 0.1) is 5.92 Å². The summed E-state index contributed by atoms with van der Waals surface area (Å²) in [5.41, 5.74) is 1.34. The Bertz CT molecular complexity index is 1140. The quantitative estimate of drug-likeness (QED) is 0.334. The molecule has 2 N–H and O–H groups in total. The van der Waals surface area contributed by atoms with Gasteiger partial charge in [-0.3, -0.25) is 0 Å². The second-order valence-electron chi connectivity index (χ2n) is 9.75. The average Bonchev–Trinajstić information content (AvgIpc) is 2.85. The summed E-state index contributed by atoms with van der Waals surface area (Å²) in [6.07, 6.45) is 3.28. The molecule has 0 aliphatic carbocycles. The molecule has 9 heteroatoms. The number of para-hydroxylation sites is 1. The number of benzene rings is 2. The Morgan fingerprint density at radius 2 is 1.69 bits per heavy atom. The summed E-state index contributed by atoms with van der Waals surface area (Å²) in [6.45, 7) is 7.68. The zero-order valence-corrected chi connectivity index (χ0v) is 22.4. The van der Waals surface area contributed by atoms with Crippen LogP contribution in [0.15, 0.2) is 65.3 Å². The maximum absolute atomic E-state index is 12.2. The average molecular weight is 554 g/mol. The number of halogens is 1. The molecule has 0 saturated carbocycles. The van der Waals surface area contributed by atoms with E-state index in [4.69, 9.17) is 9.47 Å². The SMILES string of the molecule is CC(C)(C)OC(=O)N1CCC(COc2ccc(Nc3ncc(Br)c(Nc4ccccc4)n3)cc2)CC1. The van der Waals surface area contributed by atoms with Gasteiger partial charge in [0.2, 0.25) is 5.95 Å². The standard InChI is InChI=1S/C27H32BrN5O3/c1-27(2,3)36-26(34)33-15-13-19(14-16-33)18-35-22-11-9-21(10-12-22)31-25-29-17-23(28)24(32-25)30-20-7-5-4-6-8-20/h4-12,17,19H,13-16,18H2,1-3H3,(H2,29,30,31,32). The number of hydrogen-bond donors (Lipinski definition) is 2. The lowest BCUT2D eigenvalue weighted by Gasteiger charge is -2.33. The summed E-state index contributed by atoms with van der Waals surface area (Å²) < 4.78 is 12.3. The Hall–Kier alpha value is -3.33. The minimum Gasteiger partial charge on any atom is -0.493 e. The van der Waals surface area contributed by atoms with E-state index < -0.39 is 5.60 Å². The number of rotatable bonds is 7. The lowest BCUT2D eigenvalue weighted by Crippen LogP contribution is -2.42. The molecule has 36 heavy (non-hydrogen) atoms. The fourth-order valence-corrected chi connectivity index (χ4v) is 4.05. The first-order valence-electron chi connectivity index (χ1n) is 12.1. The molecule has 1 saturated heterocycles. The summed E-state index contributed by atoms with van der Waals surface area (Å²) in [5, 5.41) is 6.52. The minimum absolute atomic E-state index is 0.234. The van der Waals surface area contributed by atoms with E-state index >= 15 is 0 Å². The first-order chi connectivity index (χ1) is 17.2. The number of nitrogens with one attached hydrogen (secondary N) is 2. The number of amides is 1. The Morgan fingerprint density at radius 3 is 2.36 bits per heavy atom. The van der Waals surface area contributed by atoms with Gasteiger partial charge in [-0.2, -0.15) is 4.98 Å². The molecule has 1 fully saturated rings. The van der Waals surface area contributed by atoms with Gasteiger partial charge in [-0.25, -0.2) is 9.78 Å². The van der Waals surface area contributed by atoms with Crippen molar-refractivity contribution in [2.45, 2.75) is 39.2 Å². The van der Waals surface area contributed by atoms with Crippen LogP contribution in [0.4, 0.5) is 27.9 Å². The van der Waals surface area contributed by atoms with Crippen LogP contribution >= 0.6 is 15.9 Å². The van der Waals surface area contributed by atoms with Gasteiger partial charge in [-0.1, -0.05) is 18.2 Å². The van der Waals surface area contributed by atoms with Crippen molar-refractivity contribution in [3.63, 3.8) is 0 Å². The molecule has 190 valence electrons. The maximum atomic E-state index is 12.2. The van der Waals surface area contributed by atoms with Gasteiger partial charge in [0.15, 0.2) is 0 Å². The zero-order chi connectivity index (χ0) is 25.5. The number of anilines is 4. The molecular weight excluding hydrogens is 522 g/mol. The number of ether oxygens (including phenoxy) is 2. The largest absolute Gasteiger partial charge is 0.493 e. The summed E-state index contributed by atoms with van der Waals surface area (Å²) in [6, 6.07) is 17.6. The van der Waals surface area contributed by atoms with Gasteiger partial charge in [-0.15, -0.1) is 0 Å². The molecule has 0 atom stereocenters. The smallest absolute Gasteiger partial charge is 0.410 e. The van der Waals surface area contributed by atoms with E-state index in [0.29, 0.717) is 37.4 Å². The molecule has 3 aromatic rings. The van der Waals surface area contributed by atoms with Crippen LogP contribution in [-0.2, 0) is 4.74 Å². The third kappa shape index (κ3) is 7.58. The molecule has 0 radical (unpaired) electrons. The van der Waals surface area contributed by atoms with Crippen molar-refractivity contribution >= 4 is 45.2 Å². The van der Waals surface area contributed by atoms with Gasteiger partial charge in [-0.05, 0) is 91.9 Å². The number of aromatic nitrogens is 2. The highest BCUT2D eigenvalue weighted by atomic mass is 79.9. The molecule has 1 amide bonds. The van der Waals surface area contributed by atoms with E-state index in [2.05, 4.69) is 36.5 Å². The molecule has 0 bridgehead atoms. The normalized spacial score (nSPS) is 14.3. The second kappa shape index (κ2) is 11.6. The molecule has 0 spiro atoms. The zero-order valence-electron chi connectivity index (χ0n) is 20.8. The molecule has 1 aliphatic heterocycles. The van der Waals surface area contributed by atoms with Crippen LogP contribution in [0.2, 0.25) is 0 Å². The molecule has 2 aromatic carbocycles.